The normalized spacial score (nSPS) is 52.8. The number of nitrogens with two attached hydrogens (primary N) is 5. The number of hydrogen-bond acceptors (Lipinski definition) is 19. The van der Waals surface area contributed by atoms with E-state index in [9.17, 15) is 40.9 Å². The van der Waals surface area contributed by atoms with Crippen molar-refractivity contribution in [3.05, 3.63) is 0 Å². The Hall–Kier alpha value is -0.760. The Morgan fingerprint density at radius 3 is 1.70 bits per heavy atom. The van der Waals surface area contributed by atoms with E-state index in [1.54, 1.807) is 0 Å². The molecular weight excluding hydrogens is 582 g/mol. The molecule has 7 unspecified atom stereocenters. The number of rotatable bonds is 10. The molecule has 0 amide bonds. The van der Waals surface area contributed by atoms with Crippen LogP contribution in [0.2, 0.25) is 0 Å². The van der Waals surface area contributed by atoms with Gasteiger partial charge in [0.15, 0.2) is 18.9 Å². The van der Waals surface area contributed by atoms with Crippen LogP contribution in [0.4, 0.5) is 0 Å². The lowest BCUT2D eigenvalue weighted by Crippen LogP contribution is -2.68. The molecule has 18 N–H and O–H groups in total. The minimum absolute atomic E-state index is 0.0679. The van der Waals surface area contributed by atoms with Crippen LogP contribution in [-0.4, -0.2) is 177 Å². The Balaban J connectivity index is 1.50. The van der Waals surface area contributed by atoms with Gasteiger partial charge in [0.2, 0.25) is 0 Å². The van der Waals surface area contributed by atoms with Gasteiger partial charge in [0, 0.05) is 24.5 Å². The molecular formula is C24H47N5O14. The van der Waals surface area contributed by atoms with E-state index in [4.69, 9.17) is 57.1 Å². The van der Waals surface area contributed by atoms with E-state index in [2.05, 4.69) is 0 Å². The third kappa shape index (κ3) is 7.00. The monoisotopic (exact) mass is 629 g/mol. The van der Waals surface area contributed by atoms with Gasteiger partial charge in [-0.15, -0.1) is 0 Å². The predicted octanol–water partition coefficient (Wildman–Crippen LogP) is -8.61. The van der Waals surface area contributed by atoms with Crippen LogP contribution < -0.4 is 28.7 Å². The van der Waals surface area contributed by atoms with E-state index in [1.807, 2.05) is 0 Å². The second kappa shape index (κ2) is 14.8. The van der Waals surface area contributed by atoms with Gasteiger partial charge in [-0.2, -0.15) is 0 Å². The quantitative estimate of drug-likeness (QED) is 0.107. The molecule has 0 aromatic carbocycles. The predicted molar refractivity (Wildman–Crippen MR) is 141 cm³/mol. The van der Waals surface area contributed by atoms with Crippen molar-refractivity contribution in [1.82, 2.24) is 0 Å². The lowest BCUT2D eigenvalue weighted by atomic mass is 9.84. The summed E-state index contributed by atoms with van der Waals surface area (Å²) in [5.41, 5.74) is 30.2. The van der Waals surface area contributed by atoms with E-state index in [1.165, 1.54) is 0 Å². The first-order chi connectivity index (χ1) is 20.4. The molecule has 1 aliphatic carbocycles. The lowest BCUT2D eigenvalue weighted by Gasteiger charge is -2.47. The fourth-order valence-corrected chi connectivity index (χ4v) is 6.03. The Kier molecular flexibility index (Phi) is 12.1. The number of aliphatic hydroxyl groups excluding tert-OH is 8. The maximum absolute atomic E-state index is 11.2. The summed E-state index contributed by atoms with van der Waals surface area (Å²) >= 11 is 0. The third-order valence-corrected chi connectivity index (χ3v) is 8.72. The van der Waals surface area contributed by atoms with Crippen molar-refractivity contribution in [3.63, 3.8) is 0 Å². The van der Waals surface area contributed by atoms with Crippen LogP contribution in [-0.2, 0) is 28.4 Å². The summed E-state index contributed by atoms with van der Waals surface area (Å²) in [5, 5.41) is 82.3. The van der Waals surface area contributed by atoms with Crippen molar-refractivity contribution in [2.75, 3.05) is 26.4 Å². The average Bonchev–Trinajstić information content (AvgIpc) is 3.28. The minimum Gasteiger partial charge on any atom is -0.396 e. The standard InChI is InChI=1S/C24H47N5O14/c25-2-9-14(33)6(3-30)12(28)22(38-9)42-20-11(5-32)40-24(18(20)37)43-21-15(34)7(26)1-8(27)19(21)41-23-13(29)17(36)16(35)10(4-31)39-23/h6-24,30-37H,1-5,25-29H2/t6?,7-,8?,9+,10?,11-,12?,13?,14+,15?,16-,17-,18?,19-,20+,21-,22-,23-,24+/m1/s1. The molecule has 0 spiro atoms. The molecule has 19 nitrogen and oxygen atoms in total. The van der Waals surface area contributed by atoms with E-state index in [0.717, 1.165) is 0 Å². The van der Waals surface area contributed by atoms with E-state index in [0.29, 0.717) is 0 Å². The van der Waals surface area contributed by atoms with Crippen molar-refractivity contribution in [1.29, 1.82) is 0 Å². The number of hydrogen-bond donors (Lipinski definition) is 13. The molecule has 19 atom stereocenters. The molecule has 4 rings (SSSR count). The maximum Gasteiger partial charge on any atom is 0.187 e. The largest absolute Gasteiger partial charge is 0.396 e. The molecule has 43 heavy (non-hydrogen) atoms. The minimum atomic E-state index is -1.60. The average molecular weight is 630 g/mol. The highest BCUT2D eigenvalue weighted by Gasteiger charge is 2.54. The third-order valence-electron chi connectivity index (χ3n) is 8.72. The summed E-state index contributed by atoms with van der Waals surface area (Å²) in [4.78, 5) is 0. The smallest absolute Gasteiger partial charge is 0.187 e. The molecule has 0 aromatic rings. The maximum atomic E-state index is 11.2. The van der Waals surface area contributed by atoms with E-state index >= 15 is 0 Å². The fourth-order valence-electron chi connectivity index (χ4n) is 6.03. The van der Waals surface area contributed by atoms with E-state index < -0.39 is 136 Å². The van der Waals surface area contributed by atoms with Crippen molar-refractivity contribution >= 4 is 0 Å². The topological polar surface area (TPSA) is 347 Å². The van der Waals surface area contributed by atoms with Gasteiger partial charge >= 0.3 is 0 Å². The first-order valence-corrected chi connectivity index (χ1v) is 14.3. The molecule has 4 aliphatic rings. The van der Waals surface area contributed by atoms with Gasteiger partial charge < -0.3 is 97.9 Å². The molecule has 0 radical (unpaired) electrons. The summed E-state index contributed by atoms with van der Waals surface area (Å²) < 4.78 is 34.7. The van der Waals surface area contributed by atoms with Crippen molar-refractivity contribution < 1.29 is 69.3 Å². The first kappa shape index (κ1) is 35.1. The summed E-state index contributed by atoms with van der Waals surface area (Å²) in [6.07, 6.45) is -18.5. The van der Waals surface area contributed by atoms with Gasteiger partial charge in [-0.05, 0) is 6.42 Å². The lowest BCUT2D eigenvalue weighted by molar-refractivity contribution is -0.310. The second-order valence-electron chi connectivity index (χ2n) is 11.5. The molecule has 3 aliphatic heterocycles. The molecule has 3 heterocycles. The van der Waals surface area contributed by atoms with Gasteiger partial charge in [0.05, 0.1) is 50.2 Å². The van der Waals surface area contributed by atoms with Gasteiger partial charge in [0.1, 0.15) is 48.8 Å². The van der Waals surface area contributed by atoms with Gasteiger partial charge in [0.25, 0.3) is 0 Å². The summed E-state index contributed by atoms with van der Waals surface area (Å²) in [6, 6.07) is -4.08. The Morgan fingerprint density at radius 2 is 1.09 bits per heavy atom. The van der Waals surface area contributed by atoms with Crippen LogP contribution in [0, 0.1) is 5.92 Å². The van der Waals surface area contributed by atoms with Crippen LogP contribution >= 0.6 is 0 Å². The van der Waals surface area contributed by atoms with Gasteiger partial charge in [-0.1, -0.05) is 0 Å². The zero-order chi connectivity index (χ0) is 31.7. The molecule has 4 fully saturated rings. The SMILES string of the molecule is NC[C@@H]1O[C@H](O[C@@H]2C(O)[C@H](O[C@@H]3C(O)[C@H](N)CC(N)[C@H]3O[C@H]3OC(CO)[C@@H](O)[C@H](O)C3N)O[C@@H]2CO)C(N)C(CO)[C@@H]1O. The Morgan fingerprint density at radius 1 is 0.535 bits per heavy atom. The molecule has 0 bridgehead atoms. The molecule has 252 valence electrons. The first-order valence-electron chi connectivity index (χ1n) is 14.3. The van der Waals surface area contributed by atoms with E-state index in [-0.39, 0.29) is 13.0 Å². The number of aliphatic hydroxyl groups is 8. The zero-order valence-electron chi connectivity index (χ0n) is 23.4. The van der Waals surface area contributed by atoms with Crippen LogP contribution in [0.25, 0.3) is 0 Å². The summed E-state index contributed by atoms with van der Waals surface area (Å²) in [5.74, 6) is -0.858. The molecule has 1 saturated carbocycles. The summed E-state index contributed by atoms with van der Waals surface area (Å²) in [7, 11) is 0. The molecule has 0 aromatic heterocycles. The Bertz CT molecular complexity index is 884. The van der Waals surface area contributed by atoms with Crippen molar-refractivity contribution in [3.8, 4) is 0 Å². The summed E-state index contributed by atoms with van der Waals surface area (Å²) in [6.45, 7) is -1.91. The highest BCUT2D eigenvalue weighted by Crippen LogP contribution is 2.35. The highest BCUT2D eigenvalue weighted by molar-refractivity contribution is 5.02. The van der Waals surface area contributed by atoms with Crippen LogP contribution in [0.1, 0.15) is 6.42 Å². The van der Waals surface area contributed by atoms with Crippen molar-refractivity contribution in [2.45, 2.75) is 117 Å². The van der Waals surface area contributed by atoms with Crippen molar-refractivity contribution in [2.24, 2.45) is 34.6 Å². The molecule has 3 saturated heterocycles. The number of ether oxygens (including phenoxy) is 6. The second-order valence-corrected chi connectivity index (χ2v) is 11.5. The fraction of sp³-hybridized carbons (Fsp3) is 1.00. The zero-order valence-corrected chi connectivity index (χ0v) is 23.4. The van der Waals surface area contributed by atoms with Gasteiger partial charge in [-0.25, -0.2) is 0 Å². The van der Waals surface area contributed by atoms with Crippen LogP contribution in [0.3, 0.4) is 0 Å². The Labute approximate surface area is 247 Å². The van der Waals surface area contributed by atoms with Crippen LogP contribution in [0.5, 0.6) is 0 Å². The van der Waals surface area contributed by atoms with Gasteiger partial charge in [-0.3, -0.25) is 0 Å². The highest BCUT2D eigenvalue weighted by atomic mass is 16.8. The van der Waals surface area contributed by atoms with Crippen LogP contribution in [0.15, 0.2) is 0 Å². The molecule has 19 heteroatoms.